The molecule has 0 aliphatic rings. The van der Waals surface area contributed by atoms with Gasteiger partial charge < -0.3 is 9.64 Å². The normalized spacial score (nSPS) is 11.2. The summed E-state index contributed by atoms with van der Waals surface area (Å²) in [6.45, 7) is 4.30. The smallest absolute Gasteiger partial charge is 0.254 e. The van der Waals surface area contributed by atoms with Crippen molar-refractivity contribution in [2.24, 2.45) is 0 Å². The van der Waals surface area contributed by atoms with E-state index in [-0.39, 0.29) is 18.4 Å². The molecule has 0 atom stereocenters. The number of thiophene rings is 1. The van der Waals surface area contributed by atoms with Crippen molar-refractivity contribution < 1.29 is 18.3 Å². The summed E-state index contributed by atoms with van der Waals surface area (Å²) in [6.07, 6.45) is 0. The Balaban J connectivity index is 1.66. The summed E-state index contributed by atoms with van der Waals surface area (Å²) in [4.78, 5) is 15.6. The second-order valence-electron chi connectivity index (χ2n) is 9.56. The number of nitrogens with zero attached hydrogens (tertiary/aromatic N) is 1. The molecule has 0 spiro atoms. The molecule has 0 unspecified atom stereocenters. The SMILES string of the molecule is CC(C)c1c(-c2ccccc2)cc2cc(Oc3cccs3)ccc2c1C(=O)N(C)Cc1ccc(F)c(F)c1. The Morgan fingerprint density at radius 1 is 0.921 bits per heavy atom. The van der Waals surface area contributed by atoms with Crippen molar-refractivity contribution in [3.63, 3.8) is 0 Å². The van der Waals surface area contributed by atoms with Gasteiger partial charge in [-0.15, -0.1) is 11.3 Å². The van der Waals surface area contributed by atoms with Crippen molar-refractivity contribution >= 4 is 28.0 Å². The second-order valence-corrected chi connectivity index (χ2v) is 10.5. The summed E-state index contributed by atoms with van der Waals surface area (Å²) >= 11 is 1.51. The highest BCUT2D eigenvalue weighted by molar-refractivity contribution is 7.11. The molecule has 1 heterocycles. The molecule has 0 fully saturated rings. The maximum Gasteiger partial charge on any atom is 0.254 e. The molecule has 0 bridgehead atoms. The van der Waals surface area contributed by atoms with Crippen LogP contribution in [-0.2, 0) is 6.54 Å². The van der Waals surface area contributed by atoms with Crippen LogP contribution in [0.3, 0.4) is 0 Å². The van der Waals surface area contributed by atoms with Gasteiger partial charge in [0.05, 0.1) is 5.56 Å². The topological polar surface area (TPSA) is 29.5 Å². The Hall–Kier alpha value is -4.03. The Bertz CT molecular complexity index is 1600. The number of ether oxygens (including phenoxy) is 1. The Morgan fingerprint density at radius 2 is 1.71 bits per heavy atom. The van der Waals surface area contributed by atoms with Gasteiger partial charge in [0, 0.05) is 13.6 Å². The maximum absolute atomic E-state index is 14.1. The third-order valence-electron chi connectivity index (χ3n) is 6.49. The fourth-order valence-electron chi connectivity index (χ4n) is 4.76. The number of benzene rings is 4. The monoisotopic (exact) mass is 527 g/mol. The summed E-state index contributed by atoms with van der Waals surface area (Å²) in [5.41, 5.74) is 4.05. The molecule has 5 aromatic rings. The van der Waals surface area contributed by atoms with E-state index in [4.69, 9.17) is 4.74 Å². The first-order valence-electron chi connectivity index (χ1n) is 12.4. The highest BCUT2D eigenvalue weighted by Gasteiger charge is 2.25. The Kier molecular flexibility index (Phi) is 7.25. The first-order valence-corrected chi connectivity index (χ1v) is 13.3. The predicted octanol–water partition coefficient (Wildman–Crippen LogP) is 9.03. The van der Waals surface area contributed by atoms with Gasteiger partial charge in [0.25, 0.3) is 5.91 Å². The molecule has 4 aromatic carbocycles. The fourth-order valence-corrected chi connectivity index (χ4v) is 5.36. The van der Waals surface area contributed by atoms with Crippen LogP contribution in [0.2, 0.25) is 0 Å². The van der Waals surface area contributed by atoms with E-state index in [9.17, 15) is 13.6 Å². The van der Waals surface area contributed by atoms with Crippen molar-refractivity contribution in [2.75, 3.05) is 7.05 Å². The lowest BCUT2D eigenvalue weighted by Crippen LogP contribution is -2.28. The minimum Gasteiger partial charge on any atom is -0.447 e. The van der Waals surface area contributed by atoms with Crippen LogP contribution in [0.4, 0.5) is 8.78 Å². The lowest BCUT2D eigenvalue weighted by molar-refractivity contribution is 0.0785. The maximum atomic E-state index is 14.1. The van der Waals surface area contributed by atoms with Crippen molar-refractivity contribution in [1.29, 1.82) is 0 Å². The zero-order valence-corrected chi connectivity index (χ0v) is 22.2. The summed E-state index contributed by atoms with van der Waals surface area (Å²) < 4.78 is 33.4. The number of amides is 1. The molecule has 0 saturated carbocycles. The Morgan fingerprint density at radius 3 is 2.39 bits per heavy atom. The van der Waals surface area contributed by atoms with E-state index in [1.165, 1.54) is 17.4 Å². The number of hydrogen-bond acceptors (Lipinski definition) is 3. The van der Waals surface area contributed by atoms with E-state index < -0.39 is 11.6 Å². The highest BCUT2D eigenvalue weighted by atomic mass is 32.1. The second kappa shape index (κ2) is 10.8. The van der Waals surface area contributed by atoms with E-state index in [1.54, 1.807) is 11.9 Å². The van der Waals surface area contributed by atoms with Crippen molar-refractivity contribution in [3.05, 3.63) is 119 Å². The van der Waals surface area contributed by atoms with Crippen LogP contribution in [0.15, 0.2) is 90.3 Å². The van der Waals surface area contributed by atoms with Crippen LogP contribution in [0.1, 0.15) is 41.3 Å². The molecule has 1 aromatic heterocycles. The molecule has 1 amide bonds. The van der Waals surface area contributed by atoms with E-state index >= 15 is 0 Å². The van der Waals surface area contributed by atoms with Gasteiger partial charge in [0.2, 0.25) is 0 Å². The fraction of sp³-hybridized carbons (Fsp3) is 0.156. The van der Waals surface area contributed by atoms with Crippen LogP contribution in [0.25, 0.3) is 21.9 Å². The molecular formula is C32H27F2NO2S. The number of carbonyl (C=O) groups excluding carboxylic acids is 1. The van der Waals surface area contributed by atoms with Gasteiger partial charge in [0.15, 0.2) is 16.7 Å². The van der Waals surface area contributed by atoms with Crippen LogP contribution in [0, 0.1) is 11.6 Å². The number of hydrogen-bond donors (Lipinski definition) is 0. The molecule has 0 saturated heterocycles. The predicted molar refractivity (Wildman–Crippen MR) is 150 cm³/mol. The molecule has 0 aliphatic heterocycles. The van der Waals surface area contributed by atoms with Gasteiger partial charge in [-0.3, -0.25) is 4.79 Å². The molecule has 6 heteroatoms. The molecular weight excluding hydrogens is 500 g/mol. The molecule has 5 rings (SSSR count). The van der Waals surface area contributed by atoms with Crippen LogP contribution >= 0.6 is 11.3 Å². The van der Waals surface area contributed by atoms with Gasteiger partial charge in [-0.2, -0.15) is 0 Å². The minimum absolute atomic E-state index is 0.0484. The van der Waals surface area contributed by atoms with Crippen molar-refractivity contribution in [1.82, 2.24) is 4.90 Å². The first-order chi connectivity index (χ1) is 18.3. The molecule has 38 heavy (non-hydrogen) atoms. The average Bonchev–Trinajstić information content (AvgIpc) is 3.42. The highest BCUT2D eigenvalue weighted by Crippen LogP contribution is 2.39. The van der Waals surface area contributed by atoms with Gasteiger partial charge in [-0.05, 0) is 92.9 Å². The number of halogens is 2. The van der Waals surface area contributed by atoms with Crippen molar-refractivity contribution in [2.45, 2.75) is 26.3 Å². The lowest BCUT2D eigenvalue weighted by atomic mass is 9.84. The van der Waals surface area contributed by atoms with Gasteiger partial charge >= 0.3 is 0 Å². The molecule has 0 radical (unpaired) electrons. The van der Waals surface area contributed by atoms with E-state index in [0.717, 1.165) is 44.7 Å². The number of rotatable bonds is 7. The largest absolute Gasteiger partial charge is 0.447 e. The lowest BCUT2D eigenvalue weighted by Gasteiger charge is -2.25. The van der Waals surface area contributed by atoms with E-state index in [0.29, 0.717) is 16.9 Å². The van der Waals surface area contributed by atoms with E-state index in [2.05, 4.69) is 19.9 Å². The summed E-state index contributed by atoms with van der Waals surface area (Å²) in [5, 5.41) is 4.44. The number of carbonyl (C=O) groups is 1. The summed E-state index contributed by atoms with van der Waals surface area (Å²) in [5.74, 6) is -1.29. The van der Waals surface area contributed by atoms with Gasteiger partial charge in [0.1, 0.15) is 5.75 Å². The van der Waals surface area contributed by atoms with Gasteiger partial charge in [-0.25, -0.2) is 8.78 Å². The first kappa shape index (κ1) is 25.6. The molecule has 192 valence electrons. The van der Waals surface area contributed by atoms with Crippen LogP contribution < -0.4 is 4.74 Å². The Labute approximate surface area is 224 Å². The van der Waals surface area contributed by atoms with Crippen LogP contribution in [-0.4, -0.2) is 17.9 Å². The summed E-state index contributed by atoms with van der Waals surface area (Å²) in [6, 6.07) is 25.5. The van der Waals surface area contributed by atoms with E-state index in [1.807, 2.05) is 66.0 Å². The zero-order valence-electron chi connectivity index (χ0n) is 21.4. The van der Waals surface area contributed by atoms with Crippen molar-refractivity contribution in [3.8, 4) is 21.9 Å². The molecule has 0 aliphatic carbocycles. The molecule has 3 nitrogen and oxygen atoms in total. The standard InChI is InChI=1S/C32H27F2NO2S/c1-20(2)30-26(22-8-5-4-6-9-22)18-23-17-24(37-29-10-7-15-38-29)12-13-25(23)31(30)32(36)35(3)19-21-11-14-27(33)28(34)16-21/h4-18,20H,19H2,1-3H3. The van der Waals surface area contributed by atoms with Crippen LogP contribution in [0.5, 0.6) is 10.8 Å². The third-order valence-corrected chi connectivity index (χ3v) is 7.24. The minimum atomic E-state index is -0.930. The molecule has 0 N–H and O–H groups in total. The number of fused-ring (bicyclic) bond motifs is 1. The third kappa shape index (κ3) is 5.18. The van der Waals surface area contributed by atoms with Gasteiger partial charge in [-0.1, -0.05) is 50.2 Å². The average molecular weight is 528 g/mol. The quantitative estimate of drug-likeness (QED) is 0.211. The summed E-state index contributed by atoms with van der Waals surface area (Å²) in [7, 11) is 1.68. The zero-order chi connectivity index (χ0) is 26.8.